The molecule has 0 aromatic heterocycles. The van der Waals surface area contributed by atoms with Crippen molar-refractivity contribution in [1.29, 1.82) is 0 Å². The zero-order chi connectivity index (χ0) is 46.5. The molecule has 0 aliphatic heterocycles. The van der Waals surface area contributed by atoms with Crippen molar-refractivity contribution in [2.75, 3.05) is 13.2 Å². The Labute approximate surface area is 396 Å². The maximum Gasteiger partial charge on any atom is 0.306 e. The minimum atomic E-state index is -0.781. The third kappa shape index (κ3) is 50.1. The van der Waals surface area contributed by atoms with Crippen molar-refractivity contribution in [3.8, 4) is 0 Å². The van der Waals surface area contributed by atoms with E-state index in [1.165, 1.54) is 128 Å². The summed E-state index contributed by atoms with van der Waals surface area (Å²) in [5, 5.41) is 0. The Morgan fingerprint density at radius 3 is 0.984 bits per heavy atom. The average Bonchev–Trinajstić information content (AvgIpc) is 3.29. The number of esters is 3. The van der Waals surface area contributed by atoms with Crippen LogP contribution in [0, 0.1) is 0 Å². The molecular weight excluding hydrogens is 793 g/mol. The second-order valence-corrected chi connectivity index (χ2v) is 18.1. The topological polar surface area (TPSA) is 78.9 Å². The van der Waals surface area contributed by atoms with Crippen LogP contribution in [0.2, 0.25) is 0 Å². The molecule has 64 heavy (non-hydrogen) atoms. The van der Waals surface area contributed by atoms with Gasteiger partial charge in [-0.3, -0.25) is 14.4 Å². The van der Waals surface area contributed by atoms with Crippen molar-refractivity contribution >= 4 is 17.9 Å². The largest absolute Gasteiger partial charge is 0.462 e. The van der Waals surface area contributed by atoms with Crippen molar-refractivity contribution in [3.63, 3.8) is 0 Å². The Kier molecular flexibility index (Phi) is 50.4. The molecule has 0 spiro atoms. The molecule has 0 saturated carbocycles. The summed E-state index contributed by atoms with van der Waals surface area (Å²) in [5.41, 5.74) is 0. The summed E-state index contributed by atoms with van der Waals surface area (Å²) in [6, 6.07) is 0. The van der Waals surface area contributed by atoms with E-state index in [0.29, 0.717) is 19.3 Å². The van der Waals surface area contributed by atoms with E-state index in [1.807, 2.05) is 0 Å². The maximum atomic E-state index is 12.8. The van der Waals surface area contributed by atoms with Gasteiger partial charge in [-0.05, 0) is 83.5 Å². The Hall–Kier alpha value is -2.89. The number of carbonyl (C=O) groups is 3. The first-order valence-corrected chi connectivity index (χ1v) is 27.3. The fourth-order valence-electron chi connectivity index (χ4n) is 7.66. The summed E-state index contributed by atoms with van der Waals surface area (Å²) in [6.45, 7) is 6.50. The highest BCUT2D eigenvalue weighted by molar-refractivity contribution is 5.71. The van der Waals surface area contributed by atoms with Crippen LogP contribution in [0.1, 0.15) is 271 Å². The maximum absolute atomic E-state index is 12.8. The molecule has 0 aliphatic carbocycles. The van der Waals surface area contributed by atoms with Crippen LogP contribution in [0.15, 0.2) is 60.8 Å². The number of hydrogen-bond acceptors (Lipinski definition) is 6. The minimum Gasteiger partial charge on any atom is -0.462 e. The van der Waals surface area contributed by atoms with E-state index in [-0.39, 0.29) is 31.1 Å². The first-order valence-electron chi connectivity index (χ1n) is 27.3. The molecule has 0 aliphatic rings. The summed E-state index contributed by atoms with van der Waals surface area (Å²) < 4.78 is 16.8. The monoisotopic (exact) mass is 895 g/mol. The number of carbonyl (C=O) groups excluding carboxylic acids is 3. The molecule has 0 bridgehead atoms. The van der Waals surface area contributed by atoms with Crippen molar-refractivity contribution in [1.82, 2.24) is 0 Å². The van der Waals surface area contributed by atoms with E-state index in [4.69, 9.17) is 14.2 Å². The number of allylic oxidation sites excluding steroid dienone is 10. The van der Waals surface area contributed by atoms with Gasteiger partial charge in [0.15, 0.2) is 6.10 Å². The Balaban J connectivity index is 4.37. The molecule has 0 amide bonds. The van der Waals surface area contributed by atoms with Gasteiger partial charge in [-0.1, -0.05) is 229 Å². The normalized spacial score (nSPS) is 12.5. The van der Waals surface area contributed by atoms with Gasteiger partial charge in [0.2, 0.25) is 0 Å². The van der Waals surface area contributed by atoms with E-state index >= 15 is 0 Å². The van der Waals surface area contributed by atoms with Crippen molar-refractivity contribution in [3.05, 3.63) is 60.8 Å². The van der Waals surface area contributed by atoms with Crippen LogP contribution in [0.25, 0.3) is 0 Å². The van der Waals surface area contributed by atoms with E-state index in [9.17, 15) is 14.4 Å². The summed E-state index contributed by atoms with van der Waals surface area (Å²) in [5.74, 6) is -0.893. The lowest BCUT2D eigenvalue weighted by Gasteiger charge is -2.18. The molecule has 6 heteroatoms. The van der Waals surface area contributed by atoms with Gasteiger partial charge in [-0.2, -0.15) is 0 Å². The van der Waals surface area contributed by atoms with Crippen LogP contribution < -0.4 is 0 Å². The van der Waals surface area contributed by atoms with E-state index in [0.717, 1.165) is 103 Å². The number of unbranched alkanes of at least 4 members (excludes halogenated alkanes) is 28. The number of rotatable bonds is 49. The first-order chi connectivity index (χ1) is 31.5. The summed E-state index contributed by atoms with van der Waals surface area (Å²) >= 11 is 0. The molecule has 370 valence electrons. The summed E-state index contributed by atoms with van der Waals surface area (Å²) in [7, 11) is 0. The first kappa shape index (κ1) is 61.1. The van der Waals surface area contributed by atoms with Gasteiger partial charge in [0.1, 0.15) is 13.2 Å². The molecular formula is C58H102O6. The third-order valence-electron chi connectivity index (χ3n) is 11.8. The van der Waals surface area contributed by atoms with Gasteiger partial charge in [0.25, 0.3) is 0 Å². The van der Waals surface area contributed by atoms with Gasteiger partial charge in [0, 0.05) is 19.3 Å². The average molecular weight is 895 g/mol. The predicted molar refractivity (Wildman–Crippen MR) is 275 cm³/mol. The summed E-state index contributed by atoms with van der Waals surface area (Å²) in [6.07, 6.45) is 64.9. The standard InChI is InChI=1S/C58H102O6/c1-4-7-10-13-16-19-22-25-27-28-29-30-32-34-37-40-43-46-49-52-58(61)64-55(53-62-56(59)50-47-44-41-38-35-24-21-18-15-12-9-6-3)54-63-57(60)51-48-45-42-39-36-33-31-26-23-20-17-14-11-8-5-2/h8,11,16-17,19-20,25-27,31,55H,4-7,9-10,12-15,18,21-24,28-30,32-54H2,1-3H3/b11-8-,19-16-,20-17-,27-25-,31-26-/t55-/m0/s1. The van der Waals surface area contributed by atoms with Crippen LogP contribution in [0.4, 0.5) is 0 Å². The summed E-state index contributed by atoms with van der Waals surface area (Å²) in [4.78, 5) is 38.0. The van der Waals surface area contributed by atoms with Crippen molar-refractivity contribution < 1.29 is 28.6 Å². The molecule has 0 fully saturated rings. The van der Waals surface area contributed by atoms with Crippen LogP contribution in [-0.4, -0.2) is 37.2 Å². The molecule has 0 aromatic carbocycles. The number of hydrogen-bond donors (Lipinski definition) is 0. The number of ether oxygens (including phenoxy) is 3. The van der Waals surface area contributed by atoms with E-state index in [2.05, 4.69) is 81.5 Å². The lowest BCUT2D eigenvalue weighted by Crippen LogP contribution is -2.30. The fourth-order valence-corrected chi connectivity index (χ4v) is 7.66. The smallest absolute Gasteiger partial charge is 0.306 e. The molecule has 0 radical (unpaired) electrons. The quantitative estimate of drug-likeness (QED) is 0.0262. The van der Waals surface area contributed by atoms with Crippen molar-refractivity contribution in [2.45, 2.75) is 277 Å². The highest BCUT2D eigenvalue weighted by Gasteiger charge is 2.19. The lowest BCUT2D eigenvalue weighted by atomic mass is 10.0. The van der Waals surface area contributed by atoms with Gasteiger partial charge < -0.3 is 14.2 Å². The molecule has 0 aromatic rings. The van der Waals surface area contributed by atoms with Gasteiger partial charge in [-0.15, -0.1) is 0 Å². The van der Waals surface area contributed by atoms with Gasteiger partial charge >= 0.3 is 17.9 Å². The second-order valence-electron chi connectivity index (χ2n) is 18.1. The molecule has 6 nitrogen and oxygen atoms in total. The SMILES string of the molecule is CC/C=C\C/C=C\C/C=C\CCCCCCCC(=O)OC[C@H](COC(=O)CCCCCCCCCCCCCC)OC(=O)CCCCCCCCCCC/C=C\C/C=C\CCCCC. The Morgan fingerprint density at radius 1 is 0.328 bits per heavy atom. The Morgan fingerprint density at radius 2 is 0.609 bits per heavy atom. The van der Waals surface area contributed by atoms with Crippen LogP contribution in [-0.2, 0) is 28.6 Å². The molecule has 0 N–H and O–H groups in total. The highest BCUT2D eigenvalue weighted by atomic mass is 16.6. The van der Waals surface area contributed by atoms with Crippen LogP contribution in [0.5, 0.6) is 0 Å². The van der Waals surface area contributed by atoms with Crippen LogP contribution in [0.3, 0.4) is 0 Å². The van der Waals surface area contributed by atoms with E-state index in [1.54, 1.807) is 0 Å². The van der Waals surface area contributed by atoms with Gasteiger partial charge in [-0.25, -0.2) is 0 Å². The predicted octanol–water partition coefficient (Wildman–Crippen LogP) is 18.0. The highest BCUT2D eigenvalue weighted by Crippen LogP contribution is 2.15. The second kappa shape index (κ2) is 52.7. The lowest BCUT2D eigenvalue weighted by molar-refractivity contribution is -0.167. The molecule has 0 saturated heterocycles. The molecule has 0 heterocycles. The van der Waals surface area contributed by atoms with Gasteiger partial charge in [0.05, 0.1) is 0 Å². The third-order valence-corrected chi connectivity index (χ3v) is 11.8. The fraction of sp³-hybridized carbons (Fsp3) is 0.776. The molecule has 0 unspecified atom stereocenters. The Bertz CT molecular complexity index is 1170. The van der Waals surface area contributed by atoms with Crippen LogP contribution >= 0.6 is 0 Å². The molecule has 1 atom stereocenters. The zero-order valence-corrected chi connectivity index (χ0v) is 42.3. The minimum absolute atomic E-state index is 0.0794. The zero-order valence-electron chi connectivity index (χ0n) is 42.3. The van der Waals surface area contributed by atoms with E-state index < -0.39 is 6.10 Å². The van der Waals surface area contributed by atoms with Crippen molar-refractivity contribution in [2.24, 2.45) is 0 Å². The molecule has 0 rings (SSSR count).